The predicted octanol–water partition coefficient (Wildman–Crippen LogP) is 1.05. The van der Waals surface area contributed by atoms with Gasteiger partial charge in [0.05, 0.1) is 11.2 Å². The summed E-state index contributed by atoms with van der Waals surface area (Å²) in [5.74, 6) is 0. The number of aryl methyl sites for hydroxylation is 1. The van der Waals surface area contributed by atoms with E-state index in [0.717, 1.165) is 38.4 Å². The maximum Gasteiger partial charge on any atom is 0.0775 e. The Labute approximate surface area is 101 Å². The molecule has 1 N–H and O–H groups in total. The summed E-state index contributed by atoms with van der Waals surface area (Å²) in [5.41, 5.74) is 3.59. The molecule has 0 aromatic carbocycles. The van der Waals surface area contributed by atoms with E-state index in [4.69, 9.17) is 0 Å². The number of fused-ring (bicyclic) bond motifs is 1. The largest absolute Gasteiger partial charge is 0.314 e. The lowest BCUT2D eigenvalue weighted by Gasteiger charge is -2.26. The monoisotopic (exact) mass is 230 g/mol. The van der Waals surface area contributed by atoms with Crippen LogP contribution in [0.15, 0.2) is 24.4 Å². The van der Waals surface area contributed by atoms with Gasteiger partial charge in [0.1, 0.15) is 0 Å². The van der Waals surface area contributed by atoms with Crippen LogP contribution in [0.3, 0.4) is 0 Å². The summed E-state index contributed by atoms with van der Waals surface area (Å²) >= 11 is 0. The van der Waals surface area contributed by atoms with Crippen molar-refractivity contribution >= 4 is 5.52 Å². The molecular weight excluding hydrogens is 212 g/mol. The first-order chi connectivity index (χ1) is 8.31. The van der Waals surface area contributed by atoms with Crippen LogP contribution in [-0.2, 0) is 6.54 Å². The Morgan fingerprint density at radius 3 is 2.94 bits per heavy atom. The zero-order chi connectivity index (χ0) is 11.7. The molecule has 0 aliphatic carbocycles. The quantitative estimate of drug-likeness (QED) is 0.837. The molecule has 4 nitrogen and oxygen atoms in total. The van der Waals surface area contributed by atoms with E-state index < -0.39 is 0 Å². The number of hydrogen-bond acceptors (Lipinski definition) is 3. The number of aromatic nitrogens is 2. The van der Waals surface area contributed by atoms with Crippen molar-refractivity contribution in [2.75, 3.05) is 26.2 Å². The van der Waals surface area contributed by atoms with Crippen molar-refractivity contribution in [3.8, 4) is 0 Å². The SMILES string of the molecule is Cc1ccc2cc(CN3CCNCC3)nn2c1. The highest BCUT2D eigenvalue weighted by molar-refractivity contribution is 5.48. The molecule has 17 heavy (non-hydrogen) atoms. The molecule has 90 valence electrons. The first-order valence-electron chi connectivity index (χ1n) is 6.19. The number of pyridine rings is 1. The molecule has 0 spiro atoms. The summed E-state index contributed by atoms with van der Waals surface area (Å²) < 4.78 is 1.98. The van der Waals surface area contributed by atoms with Crippen molar-refractivity contribution < 1.29 is 0 Å². The van der Waals surface area contributed by atoms with Crippen LogP contribution in [0.2, 0.25) is 0 Å². The Morgan fingerprint density at radius 2 is 2.12 bits per heavy atom. The van der Waals surface area contributed by atoms with Crippen molar-refractivity contribution in [2.24, 2.45) is 0 Å². The van der Waals surface area contributed by atoms with Gasteiger partial charge in [0, 0.05) is 38.9 Å². The smallest absolute Gasteiger partial charge is 0.0775 e. The van der Waals surface area contributed by atoms with Crippen molar-refractivity contribution in [3.05, 3.63) is 35.7 Å². The highest BCUT2D eigenvalue weighted by atomic mass is 15.2. The van der Waals surface area contributed by atoms with Crippen molar-refractivity contribution in [1.29, 1.82) is 0 Å². The van der Waals surface area contributed by atoms with E-state index in [0.29, 0.717) is 0 Å². The second kappa shape index (κ2) is 4.47. The second-order valence-corrected chi connectivity index (χ2v) is 4.74. The van der Waals surface area contributed by atoms with Crippen LogP contribution in [0.1, 0.15) is 11.3 Å². The molecule has 2 aromatic heterocycles. The molecule has 0 saturated carbocycles. The lowest BCUT2D eigenvalue weighted by Crippen LogP contribution is -2.42. The van der Waals surface area contributed by atoms with Gasteiger partial charge in [-0.1, -0.05) is 6.07 Å². The third-order valence-corrected chi connectivity index (χ3v) is 3.25. The van der Waals surface area contributed by atoms with Gasteiger partial charge in [-0.15, -0.1) is 0 Å². The summed E-state index contributed by atoms with van der Waals surface area (Å²) in [4.78, 5) is 2.45. The van der Waals surface area contributed by atoms with Gasteiger partial charge in [0.2, 0.25) is 0 Å². The van der Waals surface area contributed by atoms with E-state index in [9.17, 15) is 0 Å². The minimum atomic E-state index is 0.961. The molecule has 1 saturated heterocycles. The molecule has 3 rings (SSSR count). The normalized spacial score (nSPS) is 17.7. The molecule has 0 atom stereocenters. The standard InChI is InChI=1S/C13H18N4/c1-11-2-3-13-8-12(15-17(13)9-11)10-16-6-4-14-5-7-16/h2-3,8-9,14H,4-7,10H2,1H3. The Bertz CT molecular complexity index is 511. The highest BCUT2D eigenvalue weighted by Crippen LogP contribution is 2.10. The van der Waals surface area contributed by atoms with E-state index in [2.05, 4.69) is 46.6 Å². The maximum absolute atomic E-state index is 4.62. The molecule has 1 aliphatic heterocycles. The van der Waals surface area contributed by atoms with Crippen LogP contribution < -0.4 is 5.32 Å². The first-order valence-corrected chi connectivity index (χ1v) is 6.19. The zero-order valence-electron chi connectivity index (χ0n) is 10.2. The topological polar surface area (TPSA) is 32.6 Å². The van der Waals surface area contributed by atoms with E-state index in [1.807, 2.05) is 4.52 Å². The molecule has 1 aliphatic rings. The third-order valence-electron chi connectivity index (χ3n) is 3.25. The van der Waals surface area contributed by atoms with Crippen LogP contribution in [0.5, 0.6) is 0 Å². The van der Waals surface area contributed by atoms with Gasteiger partial charge in [-0.05, 0) is 24.6 Å². The molecule has 0 amide bonds. The van der Waals surface area contributed by atoms with Crippen molar-refractivity contribution in [3.63, 3.8) is 0 Å². The number of rotatable bonds is 2. The Balaban J connectivity index is 1.80. The van der Waals surface area contributed by atoms with E-state index in [1.54, 1.807) is 0 Å². The highest BCUT2D eigenvalue weighted by Gasteiger charge is 2.11. The molecule has 0 unspecified atom stereocenters. The van der Waals surface area contributed by atoms with Gasteiger partial charge in [-0.2, -0.15) is 5.10 Å². The summed E-state index contributed by atoms with van der Waals surface area (Å²) in [6.45, 7) is 7.47. The number of hydrogen-bond donors (Lipinski definition) is 1. The van der Waals surface area contributed by atoms with Gasteiger partial charge in [0.15, 0.2) is 0 Å². The fourth-order valence-electron chi connectivity index (χ4n) is 2.32. The molecule has 4 heteroatoms. The summed E-state index contributed by atoms with van der Waals surface area (Å²) in [6, 6.07) is 6.44. The molecule has 0 radical (unpaired) electrons. The van der Waals surface area contributed by atoms with Crippen LogP contribution in [0.25, 0.3) is 5.52 Å². The number of nitrogens with zero attached hydrogens (tertiary/aromatic N) is 3. The fourth-order valence-corrected chi connectivity index (χ4v) is 2.32. The lowest BCUT2D eigenvalue weighted by atomic mass is 10.3. The van der Waals surface area contributed by atoms with Gasteiger partial charge in [-0.3, -0.25) is 4.90 Å². The van der Waals surface area contributed by atoms with E-state index >= 15 is 0 Å². The van der Waals surface area contributed by atoms with Gasteiger partial charge in [-0.25, -0.2) is 4.52 Å². The van der Waals surface area contributed by atoms with Gasteiger partial charge < -0.3 is 5.32 Å². The van der Waals surface area contributed by atoms with E-state index in [1.165, 1.54) is 11.1 Å². The third kappa shape index (κ3) is 2.33. The first kappa shape index (κ1) is 10.7. The van der Waals surface area contributed by atoms with E-state index in [-0.39, 0.29) is 0 Å². The Hall–Kier alpha value is -1.39. The summed E-state index contributed by atoms with van der Waals surface area (Å²) in [7, 11) is 0. The molecule has 1 fully saturated rings. The van der Waals surface area contributed by atoms with Gasteiger partial charge in [0.25, 0.3) is 0 Å². The number of piperazine rings is 1. The maximum atomic E-state index is 4.62. The van der Waals surface area contributed by atoms with Crippen LogP contribution in [0.4, 0.5) is 0 Å². The van der Waals surface area contributed by atoms with Crippen LogP contribution >= 0.6 is 0 Å². The predicted molar refractivity (Wildman–Crippen MR) is 68.1 cm³/mol. The summed E-state index contributed by atoms with van der Waals surface area (Å²) in [5, 5.41) is 7.99. The van der Waals surface area contributed by atoms with Crippen LogP contribution in [-0.4, -0.2) is 40.7 Å². The Morgan fingerprint density at radius 1 is 1.29 bits per heavy atom. The Kier molecular flexibility index (Phi) is 2.82. The zero-order valence-corrected chi connectivity index (χ0v) is 10.2. The second-order valence-electron chi connectivity index (χ2n) is 4.74. The summed E-state index contributed by atoms with van der Waals surface area (Å²) in [6.07, 6.45) is 2.08. The van der Waals surface area contributed by atoms with Gasteiger partial charge >= 0.3 is 0 Å². The number of nitrogens with one attached hydrogen (secondary N) is 1. The minimum absolute atomic E-state index is 0.961. The minimum Gasteiger partial charge on any atom is -0.314 e. The molecular formula is C13H18N4. The molecule has 3 heterocycles. The molecule has 2 aromatic rings. The fraction of sp³-hybridized carbons (Fsp3) is 0.462. The average Bonchev–Trinajstić information content (AvgIpc) is 2.71. The average molecular weight is 230 g/mol. The lowest BCUT2D eigenvalue weighted by molar-refractivity contribution is 0.230. The van der Waals surface area contributed by atoms with Crippen molar-refractivity contribution in [2.45, 2.75) is 13.5 Å². The molecule has 0 bridgehead atoms. The van der Waals surface area contributed by atoms with Crippen LogP contribution in [0, 0.1) is 6.92 Å². The van der Waals surface area contributed by atoms with Crippen molar-refractivity contribution in [1.82, 2.24) is 19.8 Å².